The molecule has 2 fully saturated rings. The van der Waals surface area contributed by atoms with Crippen molar-refractivity contribution in [3.05, 3.63) is 0 Å². The van der Waals surface area contributed by atoms with Crippen molar-refractivity contribution in [3.8, 4) is 0 Å². The number of carbonyl (C=O) groups excluding carboxylic acids is 1. The van der Waals surface area contributed by atoms with Crippen LogP contribution in [0, 0.1) is 11.8 Å². The smallest absolute Gasteiger partial charge is 0.326 e. The Morgan fingerprint density at radius 3 is 2.44 bits per heavy atom. The second kappa shape index (κ2) is 4.53. The zero-order chi connectivity index (χ0) is 13.5. The molecule has 1 aliphatic carbocycles. The van der Waals surface area contributed by atoms with Crippen molar-refractivity contribution in [2.45, 2.75) is 51.1 Å². The summed E-state index contributed by atoms with van der Waals surface area (Å²) in [5.41, 5.74) is 5.22. The van der Waals surface area contributed by atoms with Crippen molar-refractivity contribution in [1.82, 2.24) is 4.90 Å². The standard InChI is InChI=1S/C13H22N2O3/c1-8-4-3-7-15(10(8)11(16)17)12(18)13(2,14)9-5-6-9/h8-10H,3-7,14H2,1-2H3,(H,16,17). The van der Waals surface area contributed by atoms with Crippen molar-refractivity contribution in [3.63, 3.8) is 0 Å². The number of nitrogens with zero attached hydrogens (tertiary/aromatic N) is 1. The highest BCUT2D eigenvalue weighted by Crippen LogP contribution is 2.40. The topological polar surface area (TPSA) is 83.6 Å². The maximum absolute atomic E-state index is 12.5. The van der Waals surface area contributed by atoms with E-state index in [0.29, 0.717) is 6.54 Å². The molecule has 3 N–H and O–H groups in total. The third-order valence-corrected chi connectivity index (χ3v) is 4.33. The predicted octanol–water partition coefficient (Wildman–Crippen LogP) is 0.825. The summed E-state index contributed by atoms with van der Waals surface area (Å²) in [4.78, 5) is 25.4. The summed E-state index contributed by atoms with van der Waals surface area (Å²) >= 11 is 0. The van der Waals surface area contributed by atoms with Gasteiger partial charge in [0.2, 0.25) is 5.91 Å². The summed E-state index contributed by atoms with van der Waals surface area (Å²) in [5.74, 6) is -0.891. The number of carboxylic acids is 1. The number of amides is 1. The summed E-state index contributed by atoms with van der Waals surface area (Å²) < 4.78 is 0. The Bertz CT molecular complexity index is 363. The maximum atomic E-state index is 12.5. The molecule has 1 aliphatic heterocycles. The number of aliphatic carboxylic acids is 1. The summed E-state index contributed by atoms with van der Waals surface area (Å²) in [6.45, 7) is 4.15. The number of carboxylic acid groups (broad SMARTS) is 1. The van der Waals surface area contributed by atoms with Gasteiger partial charge in [-0.25, -0.2) is 4.79 Å². The summed E-state index contributed by atoms with van der Waals surface area (Å²) in [6.07, 6.45) is 3.66. The Labute approximate surface area is 107 Å². The minimum Gasteiger partial charge on any atom is -0.480 e. The molecule has 2 aliphatic rings. The van der Waals surface area contributed by atoms with Gasteiger partial charge in [-0.2, -0.15) is 0 Å². The Balaban J connectivity index is 2.18. The van der Waals surface area contributed by atoms with E-state index in [1.807, 2.05) is 6.92 Å². The fourth-order valence-corrected chi connectivity index (χ4v) is 2.96. The van der Waals surface area contributed by atoms with E-state index in [9.17, 15) is 14.7 Å². The van der Waals surface area contributed by atoms with E-state index in [1.165, 1.54) is 4.90 Å². The van der Waals surface area contributed by atoms with E-state index in [2.05, 4.69) is 0 Å². The van der Waals surface area contributed by atoms with Gasteiger partial charge in [0.05, 0.1) is 5.54 Å². The predicted molar refractivity (Wildman–Crippen MR) is 66.9 cm³/mol. The summed E-state index contributed by atoms with van der Waals surface area (Å²) in [5, 5.41) is 9.31. The number of rotatable bonds is 3. The normalized spacial score (nSPS) is 31.8. The lowest BCUT2D eigenvalue weighted by atomic mass is 9.87. The first-order valence-corrected chi connectivity index (χ1v) is 6.68. The van der Waals surface area contributed by atoms with Gasteiger partial charge in [0, 0.05) is 6.54 Å². The Morgan fingerprint density at radius 2 is 1.94 bits per heavy atom. The van der Waals surface area contributed by atoms with Crippen LogP contribution in [0.4, 0.5) is 0 Å². The van der Waals surface area contributed by atoms with Crippen LogP contribution in [0.2, 0.25) is 0 Å². The highest BCUT2D eigenvalue weighted by molar-refractivity contribution is 5.90. The number of hydrogen-bond donors (Lipinski definition) is 2. The minimum atomic E-state index is -0.915. The van der Waals surface area contributed by atoms with Gasteiger partial charge in [0.25, 0.3) is 0 Å². The molecule has 5 nitrogen and oxygen atoms in total. The van der Waals surface area contributed by atoms with Crippen molar-refractivity contribution >= 4 is 11.9 Å². The SMILES string of the molecule is CC1CCCN(C(=O)C(C)(N)C2CC2)C1C(=O)O. The van der Waals surface area contributed by atoms with E-state index in [4.69, 9.17) is 5.73 Å². The fourth-order valence-electron chi connectivity index (χ4n) is 2.96. The first kappa shape index (κ1) is 13.3. The molecule has 1 saturated carbocycles. The van der Waals surface area contributed by atoms with E-state index < -0.39 is 17.6 Å². The lowest BCUT2D eigenvalue weighted by Gasteiger charge is -2.41. The van der Waals surface area contributed by atoms with Crippen LogP contribution >= 0.6 is 0 Å². The van der Waals surface area contributed by atoms with Crippen LogP contribution in [-0.2, 0) is 9.59 Å². The van der Waals surface area contributed by atoms with Crippen LogP contribution in [0.1, 0.15) is 39.5 Å². The maximum Gasteiger partial charge on any atom is 0.326 e. The van der Waals surface area contributed by atoms with Crippen LogP contribution in [0.25, 0.3) is 0 Å². The van der Waals surface area contributed by atoms with Gasteiger partial charge in [-0.05, 0) is 44.4 Å². The van der Waals surface area contributed by atoms with E-state index in [-0.39, 0.29) is 17.7 Å². The molecule has 1 amide bonds. The van der Waals surface area contributed by atoms with Gasteiger partial charge in [-0.1, -0.05) is 6.92 Å². The molecule has 1 heterocycles. The molecular formula is C13H22N2O3. The third kappa shape index (κ3) is 2.23. The van der Waals surface area contributed by atoms with Gasteiger partial charge in [0.15, 0.2) is 0 Å². The molecule has 1 saturated heterocycles. The largest absolute Gasteiger partial charge is 0.480 e. The van der Waals surface area contributed by atoms with E-state index in [1.54, 1.807) is 6.92 Å². The van der Waals surface area contributed by atoms with Gasteiger partial charge in [-0.3, -0.25) is 4.79 Å². The Hall–Kier alpha value is -1.10. The molecule has 102 valence electrons. The number of piperidine rings is 1. The molecule has 3 unspecified atom stereocenters. The molecule has 5 heteroatoms. The summed E-state index contributed by atoms with van der Waals surface area (Å²) in [7, 11) is 0. The number of nitrogens with two attached hydrogens (primary N) is 1. The quantitative estimate of drug-likeness (QED) is 0.781. The number of carbonyl (C=O) groups is 2. The fraction of sp³-hybridized carbons (Fsp3) is 0.846. The molecule has 0 spiro atoms. The van der Waals surface area contributed by atoms with Crippen LogP contribution in [0.5, 0.6) is 0 Å². The molecule has 3 atom stereocenters. The monoisotopic (exact) mass is 254 g/mol. The van der Waals surface area contributed by atoms with Crippen molar-refractivity contribution < 1.29 is 14.7 Å². The molecule has 0 bridgehead atoms. The highest BCUT2D eigenvalue weighted by Gasteiger charge is 2.49. The van der Waals surface area contributed by atoms with Crippen LogP contribution < -0.4 is 5.73 Å². The zero-order valence-electron chi connectivity index (χ0n) is 11.1. The first-order chi connectivity index (χ1) is 8.35. The zero-order valence-corrected chi connectivity index (χ0v) is 11.1. The molecule has 0 aromatic rings. The first-order valence-electron chi connectivity index (χ1n) is 6.68. The van der Waals surface area contributed by atoms with E-state index >= 15 is 0 Å². The Kier molecular flexibility index (Phi) is 3.36. The molecule has 0 aromatic heterocycles. The molecular weight excluding hydrogens is 232 g/mol. The van der Waals surface area contributed by atoms with Crippen LogP contribution in [-0.4, -0.2) is 40.0 Å². The second-order valence-corrected chi connectivity index (χ2v) is 5.96. The van der Waals surface area contributed by atoms with Gasteiger partial charge in [0.1, 0.15) is 6.04 Å². The molecule has 0 radical (unpaired) electrons. The van der Waals surface area contributed by atoms with E-state index in [0.717, 1.165) is 25.7 Å². The minimum absolute atomic E-state index is 0.00444. The number of hydrogen-bond acceptors (Lipinski definition) is 3. The van der Waals surface area contributed by atoms with Crippen LogP contribution in [0.3, 0.4) is 0 Å². The van der Waals surface area contributed by atoms with Gasteiger partial charge in [-0.15, -0.1) is 0 Å². The van der Waals surface area contributed by atoms with Crippen molar-refractivity contribution in [2.24, 2.45) is 17.6 Å². The Morgan fingerprint density at radius 1 is 1.33 bits per heavy atom. The number of likely N-dealkylation sites (tertiary alicyclic amines) is 1. The highest BCUT2D eigenvalue weighted by atomic mass is 16.4. The summed E-state index contributed by atoms with van der Waals surface area (Å²) in [6, 6.07) is -0.715. The molecule has 2 rings (SSSR count). The average Bonchev–Trinajstić information content (AvgIpc) is 3.10. The van der Waals surface area contributed by atoms with Gasteiger partial charge < -0.3 is 15.7 Å². The lowest BCUT2D eigenvalue weighted by Crippen LogP contribution is -2.61. The molecule has 18 heavy (non-hydrogen) atoms. The third-order valence-electron chi connectivity index (χ3n) is 4.33. The van der Waals surface area contributed by atoms with Crippen LogP contribution in [0.15, 0.2) is 0 Å². The lowest BCUT2D eigenvalue weighted by molar-refractivity contribution is -0.157. The van der Waals surface area contributed by atoms with Crippen molar-refractivity contribution in [1.29, 1.82) is 0 Å². The average molecular weight is 254 g/mol. The second-order valence-electron chi connectivity index (χ2n) is 5.96. The van der Waals surface area contributed by atoms with Crippen molar-refractivity contribution in [2.75, 3.05) is 6.54 Å². The molecule has 0 aromatic carbocycles. The van der Waals surface area contributed by atoms with Gasteiger partial charge >= 0.3 is 5.97 Å².